The first-order chi connectivity index (χ1) is 6.88. The van der Waals surface area contributed by atoms with E-state index in [0.29, 0.717) is 17.6 Å². The van der Waals surface area contributed by atoms with Crippen molar-refractivity contribution < 1.29 is 9.53 Å². The Balaban J connectivity index is 1.60. The normalized spacial score (nSPS) is 42.1. The maximum absolute atomic E-state index is 12.1. The number of hydrogen-bond donors (Lipinski definition) is 0. The third-order valence-corrected chi connectivity index (χ3v) is 4.36. The minimum Gasteiger partial charge on any atom is -0.381 e. The van der Waals surface area contributed by atoms with E-state index in [1.807, 2.05) is 0 Å². The summed E-state index contributed by atoms with van der Waals surface area (Å²) in [7, 11) is 0. The summed E-state index contributed by atoms with van der Waals surface area (Å²) >= 11 is 0. The molecule has 1 aliphatic heterocycles. The number of ether oxygens (including phenoxy) is 1. The second-order valence-corrected chi connectivity index (χ2v) is 5.07. The standard InChI is InChI=1S/C12H18O2/c13-12(8-4-6-14-7-5-8)11-9-2-1-3-10(9)11/h8-11H,1-7H2. The Hall–Kier alpha value is -0.370. The molecule has 3 aliphatic rings. The van der Waals surface area contributed by atoms with Crippen molar-refractivity contribution in [2.45, 2.75) is 32.1 Å². The molecule has 1 saturated heterocycles. The van der Waals surface area contributed by atoms with Crippen LogP contribution in [0.25, 0.3) is 0 Å². The Morgan fingerprint density at radius 3 is 2.29 bits per heavy atom. The smallest absolute Gasteiger partial charge is 0.139 e. The van der Waals surface area contributed by atoms with Gasteiger partial charge in [0.2, 0.25) is 0 Å². The number of carbonyl (C=O) groups is 1. The lowest BCUT2D eigenvalue weighted by Gasteiger charge is -2.21. The van der Waals surface area contributed by atoms with Crippen molar-refractivity contribution in [3.05, 3.63) is 0 Å². The van der Waals surface area contributed by atoms with E-state index >= 15 is 0 Å². The topological polar surface area (TPSA) is 26.3 Å². The summed E-state index contributed by atoms with van der Waals surface area (Å²) in [4.78, 5) is 12.1. The lowest BCUT2D eigenvalue weighted by Crippen LogP contribution is -2.25. The highest BCUT2D eigenvalue weighted by atomic mass is 16.5. The van der Waals surface area contributed by atoms with Gasteiger partial charge in [-0.2, -0.15) is 0 Å². The van der Waals surface area contributed by atoms with Crippen LogP contribution in [-0.2, 0) is 9.53 Å². The molecule has 0 amide bonds. The molecule has 2 heteroatoms. The average molecular weight is 194 g/mol. The minimum atomic E-state index is 0.347. The van der Waals surface area contributed by atoms with Crippen LogP contribution in [0.15, 0.2) is 0 Å². The van der Waals surface area contributed by atoms with Gasteiger partial charge in [0, 0.05) is 25.0 Å². The molecule has 0 radical (unpaired) electrons. The summed E-state index contributed by atoms with van der Waals surface area (Å²) in [6.07, 6.45) is 5.98. The fourth-order valence-corrected chi connectivity index (χ4v) is 3.50. The quantitative estimate of drug-likeness (QED) is 0.672. The molecule has 0 spiro atoms. The molecule has 14 heavy (non-hydrogen) atoms. The van der Waals surface area contributed by atoms with Gasteiger partial charge in [0.05, 0.1) is 0 Å². The Kier molecular flexibility index (Phi) is 2.12. The van der Waals surface area contributed by atoms with Crippen molar-refractivity contribution in [1.82, 2.24) is 0 Å². The summed E-state index contributed by atoms with van der Waals surface area (Å²) in [5.74, 6) is 3.00. The average Bonchev–Trinajstić information content (AvgIpc) is 2.72. The van der Waals surface area contributed by atoms with E-state index in [1.165, 1.54) is 19.3 Å². The van der Waals surface area contributed by atoms with Crippen LogP contribution in [0.3, 0.4) is 0 Å². The summed E-state index contributed by atoms with van der Waals surface area (Å²) < 4.78 is 5.29. The third-order valence-electron chi connectivity index (χ3n) is 4.36. The van der Waals surface area contributed by atoms with Gasteiger partial charge in [0.1, 0.15) is 5.78 Å². The number of carbonyl (C=O) groups excluding carboxylic acids is 1. The first-order valence-corrected chi connectivity index (χ1v) is 5.99. The second-order valence-electron chi connectivity index (χ2n) is 5.07. The molecule has 3 fully saturated rings. The van der Waals surface area contributed by atoms with Crippen molar-refractivity contribution in [2.24, 2.45) is 23.7 Å². The minimum absolute atomic E-state index is 0.347. The molecule has 78 valence electrons. The predicted molar refractivity (Wildman–Crippen MR) is 52.9 cm³/mol. The lowest BCUT2D eigenvalue weighted by atomic mass is 9.90. The number of ketones is 1. The highest BCUT2D eigenvalue weighted by Gasteiger charge is 2.57. The summed E-state index contributed by atoms with van der Waals surface area (Å²) in [6, 6.07) is 0. The molecule has 0 aromatic heterocycles. The van der Waals surface area contributed by atoms with Gasteiger partial charge in [-0.15, -0.1) is 0 Å². The summed E-state index contributed by atoms with van der Waals surface area (Å²) in [6.45, 7) is 1.61. The molecule has 3 rings (SSSR count). The number of hydrogen-bond acceptors (Lipinski definition) is 2. The molecular formula is C12H18O2. The van der Waals surface area contributed by atoms with Gasteiger partial charge in [0.25, 0.3) is 0 Å². The zero-order chi connectivity index (χ0) is 9.54. The van der Waals surface area contributed by atoms with Crippen LogP contribution in [0, 0.1) is 23.7 Å². The Bertz CT molecular complexity index is 229. The number of fused-ring (bicyclic) bond motifs is 1. The van der Waals surface area contributed by atoms with Gasteiger partial charge in [0.15, 0.2) is 0 Å². The Morgan fingerprint density at radius 2 is 1.64 bits per heavy atom. The maximum atomic E-state index is 12.1. The number of rotatable bonds is 2. The molecule has 2 atom stereocenters. The highest BCUT2D eigenvalue weighted by Crippen LogP contribution is 2.58. The van der Waals surface area contributed by atoms with E-state index < -0.39 is 0 Å². The van der Waals surface area contributed by atoms with Crippen molar-refractivity contribution in [3.8, 4) is 0 Å². The van der Waals surface area contributed by atoms with E-state index in [-0.39, 0.29) is 0 Å². The van der Waals surface area contributed by atoms with Gasteiger partial charge in [-0.3, -0.25) is 4.79 Å². The third kappa shape index (κ3) is 1.31. The molecule has 0 aromatic carbocycles. The molecule has 1 heterocycles. The van der Waals surface area contributed by atoms with Crippen LogP contribution in [0.2, 0.25) is 0 Å². The molecular weight excluding hydrogens is 176 g/mol. The van der Waals surface area contributed by atoms with Gasteiger partial charge in [-0.05, 0) is 37.5 Å². The molecule has 2 saturated carbocycles. The van der Waals surface area contributed by atoms with E-state index in [0.717, 1.165) is 37.9 Å². The van der Waals surface area contributed by atoms with E-state index in [9.17, 15) is 4.79 Å². The molecule has 2 unspecified atom stereocenters. The van der Waals surface area contributed by atoms with Crippen molar-refractivity contribution >= 4 is 5.78 Å². The van der Waals surface area contributed by atoms with Gasteiger partial charge in [-0.25, -0.2) is 0 Å². The van der Waals surface area contributed by atoms with Crippen LogP contribution >= 0.6 is 0 Å². The highest BCUT2D eigenvalue weighted by molar-refractivity contribution is 5.86. The largest absolute Gasteiger partial charge is 0.381 e. The fourth-order valence-electron chi connectivity index (χ4n) is 3.50. The maximum Gasteiger partial charge on any atom is 0.139 e. The molecule has 2 nitrogen and oxygen atoms in total. The SMILES string of the molecule is O=C(C1CCOCC1)C1C2CCCC21. The first kappa shape index (κ1) is 8.90. The molecule has 0 bridgehead atoms. The zero-order valence-electron chi connectivity index (χ0n) is 8.58. The van der Waals surface area contributed by atoms with Crippen LogP contribution in [-0.4, -0.2) is 19.0 Å². The van der Waals surface area contributed by atoms with Crippen molar-refractivity contribution in [3.63, 3.8) is 0 Å². The second kappa shape index (κ2) is 3.34. The first-order valence-electron chi connectivity index (χ1n) is 5.99. The lowest BCUT2D eigenvalue weighted by molar-refractivity contribution is -0.127. The van der Waals surface area contributed by atoms with Crippen LogP contribution < -0.4 is 0 Å². The number of Topliss-reactive ketones (excluding diaryl/α,β-unsaturated/α-hetero) is 1. The van der Waals surface area contributed by atoms with E-state index in [4.69, 9.17) is 4.74 Å². The van der Waals surface area contributed by atoms with Gasteiger partial charge >= 0.3 is 0 Å². The predicted octanol–water partition coefficient (Wildman–Crippen LogP) is 2.03. The van der Waals surface area contributed by atoms with Crippen molar-refractivity contribution in [1.29, 1.82) is 0 Å². The monoisotopic (exact) mass is 194 g/mol. The summed E-state index contributed by atoms with van der Waals surface area (Å²) in [5.41, 5.74) is 0. The van der Waals surface area contributed by atoms with Gasteiger partial charge in [-0.1, -0.05) is 6.42 Å². The van der Waals surface area contributed by atoms with E-state index in [1.54, 1.807) is 0 Å². The Morgan fingerprint density at radius 1 is 1.00 bits per heavy atom. The van der Waals surface area contributed by atoms with Crippen LogP contribution in [0.5, 0.6) is 0 Å². The molecule has 0 aromatic rings. The molecule has 0 N–H and O–H groups in total. The van der Waals surface area contributed by atoms with Crippen LogP contribution in [0.1, 0.15) is 32.1 Å². The Labute approximate surface area is 85.0 Å². The zero-order valence-corrected chi connectivity index (χ0v) is 8.58. The van der Waals surface area contributed by atoms with Gasteiger partial charge < -0.3 is 4.74 Å². The van der Waals surface area contributed by atoms with Crippen LogP contribution in [0.4, 0.5) is 0 Å². The van der Waals surface area contributed by atoms with E-state index in [2.05, 4.69) is 0 Å². The van der Waals surface area contributed by atoms with Crippen molar-refractivity contribution in [2.75, 3.05) is 13.2 Å². The fraction of sp³-hybridized carbons (Fsp3) is 0.917. The molecule has 2 aliphatic carbocycles. The summed E-state index contributed by atoms with van der Waals surface area (Å²) in [5, 5.41) is 0.